The van der Waals surface area contributed by atoms with Crippen molar-refractivity contribution in [2.24, 2.45) is 0 Å². The van der Waals surface area contributed by atoms with E-state index in [1.54, 1.807) is 11.8 Å². The summed E-state index contributed by atoms with van der Waals surface area (Å²) >= 11 is 0. The highest BCUT2D eigenvalue weighted by Crippen LogP contribution is 2.21. The van der Waals surface area contributed by atoms with Gasteiger partial charge in [-0.25, -0.2) is 4.68 Å². The highest BCUT2D eigenvalue weighted by molar-refractivity contribution is 5.80. The van der Waals surface area contributed by atoms with Crippen LogP contribution in [-0.4, -0.2) is 63.1 Å². The minimum atomic E-state index is -0.105. The van der Waals surface area contributed by atoms with Gasteiger partial charge in [0.1, 0.15) is 11.5 Å². The van der Waals surface area contributed by atoms with Crippen LogP contribution in [0.4, 0.5) is 0 Å². The van der Waals surface area contributed by atoms with Gasteiger partial charge in [-0.2, -0.15) is 0 Å². The lowest BCUT2D eigenvalue weighted by molar-refractivity contribution is 0.0663. The van der Waals surface area contributed by atoms with Crippen molar-refractivity contribution in [3.8, 4) is 11.5 Å². The topological polar surface area (TPSA) is 107 Å². The molecule has 2 aromatic carbocycles. The number of nitrogens with one attached hydrogen (secondary N) is 1. The molecule has 1 fully saturated rings. The third kappa shape index (κ3) is 6.15. The zero-order chi connectivity index (χ0) is 25.6. The van der Waals surface area contributed by atoms with Gasteiger partial charge < -0.3 is 19.2 Å². The molecule has 0 bridgehead atoms. The smallest absolute Gasteiger partial charge is 0.252 e. The molecule has 1 aliphatic rings. The number of hydrogen-bond donors (Lipinski definition) is 1. The van der Waals surface area contributed by atoms with Crippen LogP contribution in [0.15, 0.2) is 53.3 Å². The Morgan fingerprint density at radius 1 is 1.14 bits per heavy atom. The van der Waals surface area contributed by atoms with Gasteiger partial charge in [-0.1, -0.05) is 12.1 Å². The summed E-state index contributed by atoms with van der Waals surface area (Å²) in [5.74, 6) is 2.31. The quantitative estimate of drug-likeness (QED) is 0.332. The average molecular weight is 505 g/mol. The Morgan fingerprint density at radius 2 is 1.97 bits per heavy atom. The van der Waals surface area contributed by atoms with Crippen molar-refractivity contribution in [2.75, 3.05) is 26.9 Å². The van der Waals surface area contributed by atoms with Crippen molar-refractivity contribution < 1.29 is 14.2 Å². The van der Waals surface area contributed by atoms with Gasteiger partial charge in [0.05, 0.1) is 32.9 Å². The van der Waals surface area contributed by atoms with Crippen LogP contribution < -0.4 is 15.0 Å². The Balaban J connectivity index is 1.38. The molecule has 1 saturated heterocycles. The van der Waals surface area contributed by atoms with Crippen LogP contribution in [0, 0.1) is 0 Å². The fourth-order valence-corrected chi connectivity index (χ4v) is 4.67. The molecule has 10 nitrogen and oxygen atoms in total. The summed E-state index contributed by atoms with van der Waals surface area (Å²) in [5, 5.41) is 13.4. The van der Waals surface area contributed by atoms with E-state index in [0.717, 1.165) is 53.2 Å². The number of tetrazole rings is 1. The Hall–Kier alpha value is -3.76. The minimum absolute atomic E-state index is 0.105. The number of hydrogen-bond acceptors (Lipinski definition) is 8. The second-order valence-corrected chi connectivity index (χ2v) is 9.21. The molecule has 1 atom stereocenters. The van der Waals surface area contributed by atoms with E-state index in [1.165, 1.54) is 0 Å². The second-order valence-electron chi connectivity index (χ2n) is 9.21. The number of pyridine rings is 1. The molecular formula is C27H32N6O4. The number of H-pyrrole nitrogens is 1. The third-order valence-electron chi connectivity index (χ3n) is 6.55. The predicted molar refractivity (Wildman–Crippen MR) is 139 cm³/mol. The molecule has 3 heterocycles. The number of nitrogens with zero attached hydrogens (tertiary/aromatic N) is 5. The Kier molecular flexibility index (Phi) is 7.76. The molecule has 194 valence electrons. The highest BCUT2D eigenvalue weighted by Gasteiger charge is 2.22. The van der Waals surface area contributed by atoms with Crippen LogP contribution in [0.5, 0.6) is 11.5 Å². The summed E-state index contributed by atoms with van der Waals surface area (Å²) in [6, 6.07) is 15.5. The highest BCUT2D eigenvalue weighted by atomic mass is 16.5. The maximum Gasteiger partial charge on any atom is 0.252 e. The number of rotatable bonds is 11. The molecule has 0 aliphatic carbocycles. The average Bonchev–Trinajstić information content (AvgIpc) is 3.57. The largest absolute Gasteiger partial charge is 0.497 e. The van der Waals surface area contributed by atoms with Crippen molar-refractivity contribution >= 4 is 10.9 Å². The van der Waals surface area contributed by atoms with E-state index in [-0.39, 0.29) is 11.7 Å². The van der Waals surface area contributed by atoms with Crippen LogP contribution in [0.1, 0.15) is 36.7 Å². The molecule has 37 heavy (non-hydrogen) atoms. The SMILES string of the molecule is CCOc1ccc2[nH]c(=O)c(CN(Cc3nnnn3Cc3ccc(OC)cc3)C[C@@H]3CCCO3)cc2c1. The molecule has 4 aromatic rings. The first-order valence-electron chi connectivity index (χ1n) is 12.6. The minimum Gasteiger partial charge on any atom is -0.497 e. The fraction of sp³-hybridized carbons (Fsp3) is 0.407. The van der Waals surface area contributed by atoms with Crippen molar-refractivity contribution in [1.29, 1.82) is 0 Å². The van der Waals surface area contributed by atoms with Gasteiger partial charge in [0.15, 0.2) is 5.82 Å². The van der Waals surface area contributed by atoms with Crippen molar-refractivity contribution in [3.05, 3.63) is 75.8 Å². The molecule has 0 spiro atoms. The molecular weight excluding hydrogens is 472 g/mol. The zero-order valence-electron chi connectivity index (χ0n) is 21.2. The predicted octanol–water partition coefficient (Wildman–Crippen LogP) is 3.15. The summed E-state index contributed by atoms with van der Waals surface area (Å²) < 4.78 is 18.6. The van der Waals surface area contributed by atoms with Gasteiger partial charge in [-0.15, -0.1) is 5.10 Å². The first-order chi connectivity index (χ1) is 18.1. The molecule has 0 amide bonds. The Bertz CT molecular complexity index is 1380. The van der Waals surface area contributed by atoms with Gasteiger partial charge in [-0.05, 0) is 72.2 Å². The normalized spacial score (nSPS) is 15.5. The van der Waals surface area contributed by atoms with Crippen LogP contribution in [0.25, 0.3) is 10.9 Å². The van der Waals surface area contributed by atoms with E-state index in [2.05, 4.69) is 25.4 Å². The van der Waals surface area contributed by atoms with E-state index in [9.17, 15) is 4.79 Å². The summed E-state index contributed by atoms with van der Waals surface area (Å²) in [6.45, 7) is 5.46. The van der Waals surface area contributed by atoms with Crippen molar-refractivity contribution in [2.45, 2.75) is 45.5 Å². The molecule has 10 heteroatoms. The number of ether oxygens (including phenoxy) is 3. The molecule has 1 N–H and O–H groups in total. The lowest BCUT2D eigenvalue weighted by atomic mass is 10.1. The standard InChI is InChI=1S/C27H32N6O4/c1-3-36-23-10-11-25-20(14-23)13-21(27(34)28-25)16-32(17-24-5-4-12-37-24)18-26-29-30-31-33(26)15-19-6-8-22(35-2)9-7-19/h6-11,13-14,24H,3-5,12,15-18H2,1-2H3,(H,28,34)/t24-/m0/s1. The maximum atomic E-state index is 13.0. The van der Waals surface area contributed by atoms with Crippen LogP contribution in [-0.2, 0) is 24.4 Å². The Labute approximate surface area is 215 Å². The second kappa shape index (κ2) is 11.5. The summed E-state index contributed by atoms with van der Waals surface area (Å²) in [7, 11) is 1.65. The Morgan fingerprint density at radius 3 is 2.73 bits per heavy atom. The number of methoxy groups -OCH3 is 1. The van der Waals surface area contributed by atoms with Gasteiger partial charge in [0.2, 0.25) is 0 Å². The molecule has 1 aliphatic heterocycles. The molecule has 5 rings (SSSR count). The van der Waals surface area contributed by atoms with Gasteiger partial charge in [0.25, 0.3) is 5.56 Å². The van der Waals surface area contributed by atoms with Gasteiger partial charge in [0, 0.05) is 36.2 Å². The van der Waals surface area contributed by atoms with E-state index in [4.69, 9.17) is 14.2 Å². The molecule has 0 radical (unpaired) electrons. The van der Waals surface area contributed by atoms with Crippen LogP contribution in [0.2, 0.25) is 0 Å². The summed E-state index contributed by atoms with van der Waals surface area (Å²) in [4.78, 5) is 18.2. The van der Waals surface area contributed by atoms with E-state index in [1.807, 2.05) is 55.5 Å². The number of fused-ring (bicyclic) bond motifs is 1. The lowest BCUT2D eigenvalue weighted by Crippen LogP contribution is -2.34. The number of aromatic amines is 1. The number of benzene rings is 2. The molecule has 0 unspecified atom stereocenters. The molecule has 0 saturated carbocycles. The third-order valence-corrected chi connectivity index (χ3v) is 6.55. The van der Waals surface area contributed by atoms with Crippen LogP contribution in [0.3, 0.4) is 0 Å². The monoisotopic (exact) mass is 504 g/mol. The zero-order valence-corrected chi connectivity index (χ0v) is 21.2. The summed E-state index contributed by atoms with van der Waals surface area (Å²) in [6.07, 6.45) is 2.17. The first kappa shape index (κ1) is 24.9. The maximum absolute atomic E-state index is 13.0. The number of aromatic nitrogens is 5. The van der Waals surface area contributed by atoms with Gasteiger partial charge in [-0.3, -0.25) is 9.69 Å². The molecule has 2 aromatic heterocycles. The van der Waals surface area contributed by atoms with E-state index in [0.29, 0.717) is 38.3 Å². The van der Waals surface area contributed by atoms with Gasteiger partial charge >= 0.3 is 0 Å². The van der Waals surface area contributed by atoms with Crippen LogP contribution >= 0.6 is 0 Å². The lowest BCUT2D eigenvalue weighted by Gasteiger charge is -2.24. The fourth-order valence-electron chi connectivity index (χ4n) is 4.67. The van der Waals surface area contributed by atoms with Crippen molar-refractivity contribution in [1.82, 2.24) is 30.1 Å². The van der Waals surface area contributed by atoms with E-state index < -0.39 is 0 Å². The van der Waals surface area contributed by atoms with Crippen molar-refractivity contribution in [3.63, 3.8) is 0 Å². The first-order valence-corrected chi connectivity index (χ1v) is 12.6. The summed E-state index contributed by atoms with van der Waals surface area (Å²) in [5.41, 5.74) is 2.42. The van der Waals surface area contributed by atoms with E-state index >= 15 is 0 Å².